The predicted octanol–water partition coefficient (Wildman–Crippen LogP) is 2.10. The number of carbonyl (C=O) groups excluding carboxylic acids is 2. The molecule has 0 heterocycles. The third-order valence-electron chi connectivity index (χ3n) is 4.57. The maximum absolute atomic E-state index is 11.7. The summed E-state index contributed by atoms with van der Waals surface area (Å²) in [7, 11) is 0. The summed E-state index contributed by atoms with van der Waals surface area (Å²) in [5.74, 6) is -0.115. The molecule has 0 aromatic rings. The molecule has 2 saturated carbocycles. The molecule has 1 N–H and O–H groups in total. The zero-order valence-corrected chi connectivity index (χ0v) is 11.7. The maximum Gasteiger partial charge on any atom is 0.306 e. The first-order valence-electron chi connectivity index (χ1n) is 7.14. The van der Waals surface area contributed by atoms with Crippen LogP contribution in [0.5, 0.6) is 0 Å². The lowest BCUT2D eigenvalue weighted by Gasteiger charge is -2.20. The van der Waals surface area contributed by atoms with Crippen LogP contribution in [0.3, 0.4) is 0 Å². The molecule has 2 fully saturated rings. The Balaban J connectivity index is 1.74. The Morgan fingerprint density at radius 2 is 2.15 bits per heavy atom. The van der Waals surface area contributed by atoms with Crippen molar-refractivity contribution in [3.63, 3.8) is 0 Å². The Labute approximate surface area is 118 Å². The van der Waals surface area contributed by atoms with Gasteiger partial charge in [0.2, 0.25) is 0 Å². The van der Waals surface area contributed by atoms with E-state index in [0.29, 0.717) is 18.3 Å². The Kier molecular flexibility index (Phi) is 4.53. The summed E-state index contributed by atoms with van der Waals surface area (Å²) in [6.07, 6.45) is 5.23. The van der Waals surface area contributed by atoms with Gasteiger partial charge in [-0.25, -0.2) is 0 Å². The number of hydrogen-bond acceptors (Lipinski definition) is 5. The Hall–Kier alpha value is -1.70. The van der Waals surface area contributed by atoms with Gasteiger partial charge in [0.05, 0.1) is 6.07 Å². The number of ketones is 1. The largest absolute Gasteiger partial charge is 0.458 e. The fourth-order valence-electron chi connectivity index (χ4n) is 3.54. The van der Waals surface area contributed by atoms with Crippen molar-refractivity contribution >= 4 is 17.5 Å². The zero-order valence-electron chi connectivity index (χ0n) is 11.7. The molecule has 2 aliphatic carbocycles. The molecule has 4 atom stereocenters. The first-order chi connectivity index (χ1) is 9.51. The maximum atomic E-state index is 11.7. The normalized spacial score (nSPS) is 28.7. The highest BCUT2D eigenvalue weighted by atomic mass is 16.5. The van der Waals surface area contributed by atoms with E-state index < -0.39 is 18.3 Å². The molecule has 2 rings (SSSR count). The molecule has 20 heavy (non-hydrogen) atoms. The molecule has 2 bridgehead atoms. The third-order valence-corrected chi connectivity index (χ3v) is 4.57. The second kappa shape index (κ2) is 6.17. The minimum atomic E-state index is -1.09. The second-order valence-corrected chi connectivity index (χ2v) is 6.01. The van der Waals surface area contributed by atoms with E-state index in [1.165, 1.54) is 26.2 Å². The number of ether oxygens (including phenoxy) is 1. The smallest absolute Gasteiger partial charge is 0.306 e. The van der Waals surface area contributed by atoms with Gasteiger partial charge in [-0.2, -0.15) is 5.26 Å². The molecule has 2 aliphatic rings. The summed E-state index contributed by atoms with van der Waals surface area (Å²) in [4.78, 5) is 23.4. The fraction of sp³-hybridized carbons (Fsp3) is 0.733. The van der Waals surface area contributed by atoms with Gasteiger partial charge in [-0.3, -0.25) is 9.59 Å². The highest BCUT2D eigenvalue weighted by Crippen LogP contribution is 2.49. The molecule has 0 aromatic carbocycles. The molecule has 0 aromatic heterocycles. The molecule has 0 saturated heterocycles. The standard InChI is InChI=1S/C15H20N2O3/c1-9(17)13(7-16)14(18)8-20-15(19)6-12-5-10-2-3-11(12)4-10/h10-13,17H,2-6,8H2,1H3/t10-,11+,12+,13?/m0/s1. The molecule has 0 aliphatic heterocycles. The highest BCUT2D eigenvalue weighted by Gasteiger charge is 2.40. The van der Waals surface area contributed by atoms with E-state index >= 15 is 0 Å². The van der Waals surface area contributed by atoms with Crippen LogP contribution < -0.4 is 0 Å². The van der Waals surface area contributed by atoms with Gasteiger partial charge in [0, 0.05) is 12.1 Å². The predicted molar refractivity (Wildman–Crippen MR) is 72.0 cm³/mol. The Morgan fingerprint density at radius 3 is 2.65 bits per heavy atom. The molecule has 108 valence electrons. The first-order valence-corrected chi connectivity index (χ1v) is 7.14. The average Bonchev–Trinajstić information content (AvgIpc) is 2.99. The van der Waals surface area contributed by atoms with E-state index in [9.17, 15) is 9.59 Å². The van der Waals surface area contributed by atoms with Crippen molar-refractivity contribution in [1.29, 1.82) is 10.7 Å². The van der Waals surface area contributed by atoms with E-state index in [-0.39, 0.29) is 11.7 Å². The van der Waals surface area contributed by atoms with Crippen molar-refractivity contribution in [2.24, 2.45) is 23.7 Å². The van der Waals surface area contributed by atoms with Gasteiger partial charge in [-0.15, -0.1) is 0 Å². The minimum absolute atomic E-state index is 0.0124. The SMILES string of the molecule is CC(=N)C(C#N)C(=O)COC(=O)C[C@H]1C[C@H]2CC[C@@H]1C2. The average molecular weight is 276 g/mol. The molecule has 1 unspecified atom stereocenters. The monoisotopic (exact) mass is 276 g/mol. The van der Waals surface area contributed by atoms with Gasteiger partial charge in [0.1, 0.15) is 5.92 Å². The van der Waals surface area contributed by atoms with Gasteiger partial charge in [0.15, 0.2) is 12.4 Å². The van der Waals surface area contributed by atoms with Crippen molar-refractivity contribution in [2.45, 2.75) is 39.0 Å². The summed E-state index contributed by atoms with van der Waals surface area (Å²) in [6, 6.07) is 1.75. The van der Waals surface area contributed by atoms with Gasteiger partial charge in [-0.05, 0) is 43.9 Å². The van der Waals surface area contributed by atoms with Crippen LogP contribution in [-0.4, -0.2) is 24.1 Å². The molecular weight excluding hydrogens is 256 g/mol. The number of esters is 1. The Bertz CT molecular complexity index is 466. The van der Waals surface area contributed by atoms with Crippen LogP contribution in [-0.2, 0) is 14.3 Å². The number of nitriles is 1. The fourth-order valence-corrected chi connectivity index (χ4v) is 3.54. The number of Topliss-reactive ketones (excluding diaryl/α,β-unsaturated/α-hetero) is 1. The lowest BCUT2D eigenvalue weighted by molar-refractivity contribution is -0.149. The Morgan fingerprint density at radius 1 is 1.40 bits per heavy atom. The van der Waals surface area contributed by atoms with Crippen molar-refractivity contribution in [3.05, 3.63) is 0 Å². The van der Waals surface area contributed by atoms with Crippen molar-refractivity contribution in [1.82, 2.24) is 0 Å². The van der Waals surface area contributed by atoms with Crippen LogP contribution in [0.25, 0.3) is 0 Å². The number of carbonyl (C=O) groups is 2. The van der Waals surface area contributed by atoms with Crippen molar-refractivity contribution in [3.8, 4) is 6.07 Å². The van der Waals surface area contributed by atoms with Crippen LogP contribution in [0.2, 0.25) is 0 Å². The van der Waals surface area contributed by atoms with Gasteiger partial charge in [-0.1, -0.05) is 6.42 Å². The van der Waals surface area contributed by atoms with Crippen LogP contribution in [0.15, 0.2) is 0 Å². The van der Waals surface area contributed by atoms with Gasteiger partial charge >= 0.3 is 5.97 Å². The number of hydrogen-bond donors (Lipinski definition) is 1. The lowest BCUT2D eigenvalue weighted by atomic mass is 9.86. The van der Waals surface area contributed by atoms with Gasteiger partial charge in [0.25, 0.3) is 0 Å². The van der Waals surface area contributed by atoms with Crippen LogP contribution in [0.4, 0.5) is 0 Å². The van der Waals surface area contributed by atoms with Crippen molar-refractivity contribution < 1.29 is 14.3 Å². The summed E-state index contributed by atoms with van der Waals surface area (Å²) >= 11 is 0. The minimum Gasteiger partial charge on any atom is -0.458 e. The van der Waals surface area contributed by atoms with Crippen LogP contribution in [0, 0.1) is 40.4 Å². The van der Waals surface area contributed by atoms with Gasteiger partial charge < -0.3 is 10.1 Å². The van der Waals surface area contributed by atoms with Crippen LogP contribution >= 0.6 is 0 Å². The molecule has 0 radical (unpaired) electrons. The summed E-state index contributed by atoms with van der Waals surface area (Å²) in [6.45, 7) is 1.01. The number of nitrogens with one attached hydrogen (secondary N) is 1. The lowest BCUT2D eigenvalue weighted by Crippen LogP contribution is -2.26. The summed E-state index contributed by atoms with van der Waals surface area (Å²) in [5.41, 5.74) is -0.0124. The van der Waals surface area contributed by atoms with E-state index in [1.54, 1.807) is 6.07 Å². The number of nitrogens with zero attached hydrogens (tertiary/aromatic N) is 1. The molecule has 5 heteroatoms. The first kappa shape index (κ1) is 14.7. The quantitative estimate of drug-likeness (QED) is 0.594. The topological polar surface area (TPSA) is 91.0 Å². The number of fused-ring (bicyclic) bond motifs is 2. The highest BCUT2D eigenvalue weighted by molar-refractivity contribution is 6.05. The second-order valence-electron chi connectivity index (χ2n) is 6.01. The van der Waals surface area contributed by atoms with E-state index in [2.05, 4.69) is 0 Å². The van der Waals surface area contributed by atoms with E-state index in [4.69, 9.17) is 15.4 Å². The molecule has 0 spiro atoms. The van der Waals surface area contributed by atoms with E-state index in [0.717, 1.165) is 12.3 Å². The van der Waals surface area contributed by atoms with Crippen molar-refractivity contribution in [2.75, 3.05) is 6.61 Å². The molecule has 0 amide bonds. The summed E-state index contributed by atoms with van der Waals surface area (Å²) in [5, 5.41) is 16.1. The molecular formula is C15H20N2O3. The number of rotatable bonds is 6. The van der Waals surface area contributed by atoms with E-state index in [1.807, 2.05) is 0 Å². The van der Waals surface area contributed by atoms with Crippen LogP contribution in [0.1, 0.15) is 39.0 Å². The third kappa shape index (κ3) is 3.24. The summed E-state index contributed by atoms with van der Waals surface area (Å²) < 4.78 is 4.97. The zero-order chi connectivity index (χ0) is 14.7. The molecule has 5 nitrogen and oxygen atoms in total.